The van der Waals surface area contributed by atoms with E-state index in [4.69, 9.17) is 0 Å². The van der Waals surface area contributed by atoms with Crippen molar-refractivity contribution < 1.29 is 13.2 Å². The maximum absolute atomic E-state index is 12.9. The number of hydrogen-bond donors (Lipinski definition) is 1. The number of benzene rings is 3. The normalized spacial score (nSPS) is 15.4. The number of piperidine rings is 1. The van der Waals surface area contributed by atoms with E-state index < -0.39 is 10.0 Å². The number of rotatable bonds is 6. The van der Waals surface area contributed by atoms with Crippen molar-refractivity contribution in [1.29, 1.82) is 0 Å². The van der Waals surface area contributed by atoms with Crippen LogP contribution in [0.5, 0.6) is 0 Å². The van der Waals surface area contributed by atoms with Crippen molar-refractivity contribution in [2.75, 3.05) is 18.4 Å². The molecule has 3 aromatic carbocycles. The second-order valence-electron chi connectivity index (χ2n) is 7.89. The lowest BCUT2D eigenvalue weighted by atomic mass is 9.97. The quantitative estimate of drug-likeness (QED) is 0.543. The van der Waals surface area contributed by atoms with Gasteiger partial charge in [0.1, 0.15) is 0 Å². The summed E-state index contributed by atoms with van der Waals surface area (Å²) in [6, 6.07) is 24.7. The average molecular weight is 467 g/mol. The van der Waals surface area contributed by atoms with Crippen LogP contribution in [0.2, 0.25) is 0 Å². The predicted octanol–water partition coefficient (Wildman–Crippen LogP) is 5.19. The Morgan fingerprint density at radius 3 is 2.22 bits per heavy atom. The maximum atomic E-state index is 12.9. The first-order valence-electron chi connectivity index (χ1n) is 10.6. The minimum Gasteiger partial charge on any atom is -0.325 e. The second-order valence-corrected chi connectivity index (χ2v) is 10.9. The minimum atomic E-state index is -3.53. The van der Waals surface area contributed by atoms with Crippen LogP contribution in [0.3, 0.4) is 0 Å². The van der Waals surface area contributed by atoms with E-state index in [1.807, 2.05) is 61.5 Å². The molecular formula is C25H26N2O3S2. The number of para-hydroxylation sites is 1. The van der Waals surface area contributed by atoms with Gasteiger partial charge in [0.25, 0.3) is 0 Å². The summed E-state index contributed by atoms with van der Waals surface area (Å²) in [6.45, 7) is 2.61. The number of anilines is 1. The van der Waals surface area contributed by atoms with E-state index in [0.717, 1.165) is 21.0 Å². The molecule has 1 N–H and O–H groups in total. The van der Waals surface area contributed by atoms with Crippen LogP contribution in [0.1, 0.15) is 18.4 Å². The molecule has 1 amide bonds. The molecule has 0 saturated carbocycles. The van der Waals surface area contributed by atoms with Gasteiger partial charge in [-0.3, -0.25) is 4.79 Å². The minimum absolute atomic E-state index is 0.0569. The van der Waals surface area contributed by atoms with Gasteiger partial charge in [0.2, 0.25) is 15.9 Å². The number of nitrogens with zero attached hydrogens (tertiary/aromatic N) is 1. The molecule has 166 valence electrons. The molecule has 0 radical (unpaired) electrons. The van der Waals surface area contributed by atoms with Crippen LogP contribution >= 0.6 is 11.8 Å². The Labute approximate surface area is 193 Å². The lowest BCUT2D eigenvalue weighted by Gasteiger charge is -2.30. The monoisotopic (exact) mass is 466 g/mol. The predicted molar refractivity (Wildman–Crippen MR) is 128 cm³/mol. The summed E-state index contributed by atoms with van der Waals surface area (Å²) >= 11 is 1.60. The molecule has 7 heteroatoms. The van der Waals surface area contributed by atoms with E-state index in [2.05, 4.69) is 5.32 Å². The smallest absolute Gasteiger partial charge is 0.243 e. The molecule has 0 bridgehead atoms. The fourth-order valence-corrected chi connectivity index (χ4v) is 6.12. The van der Waals surface area contributed by atoms with Crippen LogP contribution < -0.4 is 5.32 Å². The Morgan fingerprint density at radius 1 is 0.906 bits per heavy atom. The summed E-state index contributed by atoms with van der Waals surface area (Å²) < 4.78 is 27.3. The Morgan fingerprint density at radius 2 is 1.53 bits per heavy atom. The van der Waals surface area contributed by atoms with Crippen LogP contribution in [0.15, 0.2) is 93.5 Å². The van der Waals surface area contributed by atoms with Gasteiger partial charge in [-0.25, -0.2) is 8.42 Å². The van der Waals surface area contributed by atoms with Gasteiger partial charge >= 0.3 is 0 Å². The lowest BCUT2D eigenvalue weighted by Crippen LogP contribution is -2.41. The van der Waals surface area contributed by atoms with E-state index in [0.29, 0.717) is 30.8 Å². The molecule has 0 spiro atoms. The summed E-state index contributed by atoms with van der Waals surface area (Å²) in [5, 5.41) is 3.06. The molecule has 1 aliphatic rings. The van der Waals surface area contributed by atoms with Crippen LogP contribution in [-0.4, -0.2) is 31.7 Å². The summed E-state index contributed by atoms with van der Waals surface area (Å²) in [5.74, 6) is -0.271. The zero-order valence-electron chi connectivity index (χ0n) is 17.9. The molecule has 1 fully saturated rings. The first kappa shape index (κ1) is 22.6. The van der Waals surface area contributed by atoms with Crippen molar-refractivity contribution >= 4 is 33.4 Å². The molecule has 3 aromatic rings. The Balaban J connectivity index is 1.39. The average Bonchev–Trinajstić information content (AvgIpc) is 2.81. The third-order valence-electron chi connectivity index (χ3n) is 5.60. The fraction of sp³-hybridized carbons (Fsp3) is 0.240. The fourth-order valence-electron chi connectivity index (χ4n) is 3.73. The van der Waals surface area contributed by atoms with Gasteiger partial charge < -0.3 is 5.32 Å². The summed E-state index contributed by atoms with van der Waals surface area (Å²) in [6.07, 6.45) is 1.01. The van der Waals surface area contributed by atoms with Gasteiger partial charge in [0.05, 0.1) is 10.6 Å². The molecule has 5 nitrogen and oxygen atoms in total. The molecule has 1 aliphatic heterocycles. The van der Waals surface area contributed by atoms with Crippen molar-refractivity contribution in [2.45, 2.75) is 34.5 Å². The Bertz CT molecular complexity index is 1170. The summed E-state index contributed by atoms with van der Waals surface area (Å²) in [4.78, 5) is 15.3. The zero-order valence-corrected chi connectivity index (χ0v) is 19.5. The van der Waals surface area contributed by atoms with Crippen LogP contribution in [0, 0.1) is 12.8 Å². The number of nitrogens with one attached hydrogen (secondary N) is 1. The van der Waals surface area contributed by atoms with Gasteiger partial charge in [-0.1, -0.05) is 59.8 Å². The maximum Gasteiger partial charge on any atom is 0.243 e. The number of aryl methyl sites for hydroxylation is 1. The van der Waals surface area contributed by atoms with Gasteiger partial charge in [-0.15, -0.1) is 0 Å². The number of carbonyl (C=O) groups is 1. The molecule has 32 heavy (non-hydrogen) atoms. The number of carbonyl (C=O) groups excluding carboxylic acids is 1. The molecule has 0 aromatic heterocycles. The standard InChI is InChI=1S/C25H26N2O3S2/c1-19-11-13-22(14-12-19)32(29,30)27-17-15-20(16-18-27)25(28)26-23-9-5-6-10-24(23)31-21-7-3-2-4-8-21/h2-14,20H,15-18H2,1H3,(H,26,28). The van der Waals surface area contributed by atoms with Gasteiger partial charge in [0, 0.05) is 28.8 Å². The number of amides is 1. The van der Waals surface area contributed by atoms with E-state index in [-0.39, 0.29) is 11.8 Å². The molecule has 0 aliphatic carbocycles. The highest BCUT2D eigenvalue weighted by atomic mass is 32.2. The van der Waals surface area contributed by atoms with Crippen molar-refractivity contribution in [3.8, 4) is 0 Å². The Kier molecular flexibility index (Phi) is 6.98. The van der Waals surface area contributed by atoms with Crippen LogP contribution in [-0.2, 0) is 14.8 Å². The van der Waals surface area contributed by atoms with Gasteiger partial charge in [-0.05, 0) is 56.2 Å². The van der Waals surface area contributed by atoms with Crippen molar-refractivity contribution in [3.63, 3.8) is 0 Å². The van der Waals surface area contributed by atoms with Gasteiger partial charge in [0.15, 0.2) is 0 Å². The van der Waals surface area contributed by atoms with Gasteiger partial charge in [-0.2, -0.15) is 4.31 Å². The molecular weight excluding hydrogens is 440 g/mol. The van der Waals surface area contributed by atoms with E-state index in [1.165, 1.54) is 4.31 Å². The lowest BCUT2D eigenvalue weighted by molar-refractivity contribution is -0.120. The van der Waals surface area contributed by atoms with E-state index >= 15 is 0 Å². The van der Waals surface area contributed by atoms with E-state index in [9.17, 15) is 13.2 Å². The molecule has 0 atom stereocenters. The molecule has 0 unspecified atom stereocenters. The summed E-state index contributed by atoms with van der Waals surface area (Å²) in [5.41, 5.74) is 1.80. The van der Waals surface area contributed by atoms with Crippen molar-refractivity contribution in [1.82, 2.24) is 4.31 Å². The highest BCUT2D eigenvalue weighted by Crippen LogP contribution is 2.34. The van der Waals surface area contributed by atoms with Crippen molar-refractivity contribution in [3.05, 3.63) is 84.4 Å². The first-order valence-corrected chi connectivity index (χ1v) is 12.9. The number of sulfonamides is 1. The topological polar surface area (TPSA) is 66.5 Å². The van der Waals surface area contributed by atoms with Crippen LogP contribution in [0.25, 0.3) is 0 Å². The SMILES string of the molecule is Cc1ccc(S(=O)(=O)N2CCC(C(=O)Nc3ccccc3Sc3ccccc3)CC2)cc1. The second kappa shape index (κ2) is 9.90. The molecule has 1 heterocycles. The van der Waals surface area contributed by atoms with E-state index in [1.54, 1.807) is 36.0 Å². The third kappa shape index (κ3) is 5.23. The molecule has 1 saturated heterocycles. The Hall–Kier alpha value is -2.61. The van der Waals surface area contributed by atoms with Crippen LogP contribution in [0.4, 0.5) is 5.69 Å². The largest absolute Gasteiger partial charge is 0.325 e. The molecule has 4 rings (SSSR count). The zero-order chi connectivity index (χ0) is 22.6. The highest BCUT2D eigenvalue weighted by molar-refractivity contribution is 7.99. The van der Waals surface area contributed by atoms with Crippen molar-refractivity contribution in [2.24, 2.45) is 5.92 Å². The number of hydrogen-bond acceptors (Lipinski definition) is 4. The first-order chi connectivity index (χ1) is 15.4. The summed E-state index contributed by atoms with van der Waals surface area (Å²) in [7, 11) is -3.53. The third-order valence-corrected chi connectivity index (χ3v) is 8.60. The highest BCUT2D eigenvalue weighted by Gasteiger charge is 2.32.